The summed E-state index contributed by atoms with van der Waals surface area (Å²) in [4.78, 5) is 63.1. The standard InChI is InChI=1S/C41H54ClN5O10S/c1-38(2,3)57-37(52)44-27-12-10-8-6-7-9-11-24-15-18-41(24,36(51)46-58(53,54)39(4)19-20-39)45-34(49)29-21-40(23-47(29)35(27)50)17-16-25-31-26(13-14-30(55-5)32(31)42)43-28(22-48)33(25)56-40/h9,11,13-14,24,27,29,48H,6-8,10,12,15-23H2,1-5H3,(H,44,52)(H,45,49)(H,46,51)/b11-9-/t24-,27+,29+,40-,41-/m1/s1. The average Bonchev–Trinajstić information content (AvgIpc) is 3.82. The number of aliphatic hydroxyl groups excluding tert-OH is 1. The number of carbonyl (C=O) groups excluding carboxylic acids is 4. The normalized spacial score (nSPS) is 28.9. The van der Waals surface area contributed by atoms with E-state index in [1.807, 2.05) is 12.2 Å². The van der Waals surface area contributed by atoms with Gasteiger partial charge in [0, 0.05) is 23.3 Å². The van der Waals surface area contributed by atoms with Crippen LogP contribution in [0.4, 0.5) is 4.79 Å². The van der Waals surface area contributed by atoms with Crippen molar-refractivity contribution in [2.24, 2.45) is 5.92 Å². The number of sulfonamides is 1. The minimum absolute atomic E-state index is 0.00745. The van der Waals surface area contributed by atoms with Crippen molar-refractivity contribution >= 4 is 56.3 Å². The van der Waals surface area contributed by atoms with Crippen LogP contribution in [0.15, 0.2) is 24.3 Å². The maximum absolute atomic E-state index is 14.8. The molecule has 4 heterocycles. The zero-order valence-electron chi connectivity index (χ0n) is 33.7. The van der Waals surface area contributed by atoms with E-state index in [2.05, 4.69) is 20.3 Å². The Morgan fingerprint density at radius 1 is 1.12 bits per heavy atom. The molecule has 1 aromatic heterocycles. The highest BCUT2D eigenvalue weighted by molar-refractivity contribution is 7.91. The highest BCUT2D eigenvalue weighted by Gasteiger charge is 2.59. The molecule has 2 saturated carbocycles. The fraction of sp³-hybridized carbons (Fsp3) is 0.634. The molecule has 1 spiro atoms. The van der Waals surface area contributed by atoms with Gasteiger partial charge in [-0.15, -0.1) is 0 Å². The second-order valence-corrected chi connectivity index (χ2v) is 20.3. The van der Waals surface area contributed by atoms with E-state index < -0.39 is 79.9 Å². The van der Waals surface area contributed by atoms with Crippen molar-refractivity contribution in [3.63, 3.8) is 0 Å². The number of aryl methyl sites for hydroxylation is 1. The van der Waals surface area contributed by atoms with Gasteiger partial charge in [0.25, 0.3) is 5.91 Å². The number of aliphatic hydroxyl groups is 1. The molecule has 0 radical (unpaired) electrons. The molecule has 5 atom stereocenters. The van der Waals surface area contributed by atoms with Crippen LogP contribution in [0, 0.1) is 5.92 Å². The van der Waals surface area contributed by atoms with Crippen LogP contribution >= 0.6 is 11.6 Å². The Bertz CT molecular complexity index is 2150. The largest absolute Gasteiger partial charge is 0.495 e. The molecule has 4 N–H and O–H groups in total. The summed E-state index contributed by atoms with van der Waals surface area (Å²) < 4.78 is 45.8. The highest BCUT2D eigenvalue weighted by atomic mass is 35.5. The molecule has 17 heteroatoms. The SMILES string of the molecule is COc1ccc2nc(CO)c3c(c2c1Cl)CC[C@]1(C[C@H]2C(=O)N[C@]4(C(=O)NS(=O)(=O)C5(C)CC5)CC[C@H]4/C=C\CCCCC[C@H](NC(=O)OC(C)(C)C)C(=O)N2C1)O3. The number of pyridine rings is 1. The van der Waals surface area contributed by atoms with Crippen LogP contribution in [-0.2, 0) is 42.2 Å². The predicted molar refractivity (Wildman–Crippen MR) is 215 cm³/mol. The number of methoxy groups -OCH3 is 1. The molecular weight excluding hydrogens is 790 g/mol. The van der Waals surface area contributed by atoms with E-state index in [-0.39, 0.29) is 31.5 Å². The molecule has 0 unspecified atom stereocenters. The van der Waals surface area contributed by atoms with Crippen molar-refractivity contribution < 1.29 is 46.9 Å². The van der Waals surface area contributed by atoms with Crippen LogP contribution in [0.5, 0.6) is 11.5 Å². The van der Waals surface area contributed by atoms with E-state index in [1.54, 1.807) is 39.8 Å². The quantitative estimate of drug-likeness (QED) is 0.293. The van der Waals surface area contributed by atoms with Gasteiger partial charge in [-0.3, -0.25) is 19.1 Å². The number of rotatable bonds is 6. The summed E-state index contributed by atoms with van der Waals surface area (Å²) in [5.41, 5.74) is -2.07. The molecule has 2 aromatic rings. The van der Waals surface area contributed by atoms with Gasteiger partial charge in [0.1, 0.15) is 46.0 Å². The number of carbonyl (C=O) groups is 4. The maximum Gasteiger partial charge on any atom is 0.408 e. The molecule has 3 fully saturated rings. The van der Waals surface area contributed by atoms with Crippen LogP contribution < -0.4 is 24.8 Å². The summed E-state index contributed by atoms with van der Waals surface area (Å²) in [5, 5.41) is 17.2. The fourth-order valence-corrected chi connectivity index (χ4v) is 10.4. The van der Waals surface area contributed by atoms with E-state index in [0.29, 0.717) is 77.9 Å². The van der Waals surface area contributed by atoms with Gasteiger partial charge in [-0.05, 0) is 97.6 Å². The van der Waals surface area contributed by atoms with E-state index in [9.17, 15) is 32.7 Å². The smallest absolute Gasteiger partial charge is 0.408 e. The number of allylic oxidation sites excluding steroid dienone is 1. The molecule has 15 nitrogen and oxygen atoms in total. The van der Waals surface area contributed by atoms with E-state index in [4.69, 9.17) is 25.8 Å². The number of nitrogens with one attached hydrogen (secondary N) is 3. The molecule has 1 aromatic carbocycles. The van der Waals surface area contributed by atoms with Crippen LogP contribution in [0.1, 0.15) is 110 Å². The zero-order chi connectivity index (χ0) is 41.8. The van der Waals surface area contributed by atoms with Crippen molar-refractivity contribution in [1.29, 1.82) is 0 Å². The second kappa shape index (κ2) is 15.5. The fourth-order valence-electron chi connectivity index (χ4n) is 8.72. The Labute approximate surface area is 344 Å². The number of aromatic nitrogens is 1. The Balaban J connectivity index is 1.27. The Hall–Kier alpha value is -4.15. The lowest BCUT2D eigenvalue weighted by Crippen LogP contribution is -2.70. The third-order valence-corrected chi connectivity index (χ3v) is 15.0. The Morgan fingerprint density at radius 2 is 1.88 bits per heavy atom. The first kappa shape index (κ1) is 42.0. The van der Waals surface area contributed by atoms with Gasteiger partial charge in [-0.2, -0.15) is 0 Å². The summed E-state index contributed by atoms with van der Waals surface area (Å²) in [6.45, 7) is 6.22. The molecule has 7 rings (SSSR count). The number of hydrogen-bond donors (Lipinski definition) is 4. The topological polar surface area (TPSA) is 203 Å². The number of nitrogens with zero attached hydrogens (tertiary/aromatic N) is 2. The van der Waals surface area contributed by atoms with Crippen LogP contribution in [0.2, 0.25) is 5.02 Å². The Morgan fingerprint density at radius 3 is 2.53 bits per heavy atom. The van der Waals surface area contributed by atoms with Gasteiger partial charge in [0.05, 0.1) is 35.5 Å². The predicted octanol–water partition coefficient (Wildman–Crippen LogP) is 4.73. The van der Waals surface area contributed by atoms with Crippen molar-refractivity contribution in [2.75, 3.05) is 13.7 Å². The maximum atomic E-state index is 14.8. The van der Waals surface area contributed by atoms with Gasteiger partial charge in [-0.25, -0.2) is 18.2 Å². The number of amides is 4. The number of benzene rings is 1. The number of hydrogen-bond acceptors (Lipinski definition) is 11. The summed E-state index contributed by atoms with van der Waals surface area (Å²) in [6, 6.07) is 1.20. The van der Waals surface area contributed by atoms with E-state index >= 15 is 0 Å². The number of alkyl carbamates (subject to hydrolysis) is 1. The van der Waals surface area contributed by atoms with Gasteiger partial charge in [0.2, 0.25) is 21.8 Å². The Kier molecular flexibility index (Phi) is 11.2. The van der Waals surface area contributed by atoms with Crippen molar-refractivity contribution in [3.8, 4) is 11.5 Å². The van der Waals surface area contributed by atoms with Crippen LogP contribution in [-0.4, -0.2) is 94.4 Å². The molecule has 316 valence electrons. The third-order valence-electron chi connectivity index (χ3n) is 12.5. The summed E-state index contributed by atoms with van der Waals surface area (Å²) in [6.07, 6.45) is 8.40. The van der Waals surface area contributed by atoms with Gasteiger partial charge >= 0.3 is 6.09 Å². The third kappa shape index (κ3) is 7.83. The van der Waals surface area contributed by atoms with Crippen molar-refractivity contribution in [1.82, 2.24) is 25.2 Å². The lowest BCUT2D eigenvalue weighted by Gasteiger charge is -2.48. The molecular formula is C41H54ClN5O10S. The van der Waals surface area contributed by atoms with Crippen molar-refractivity contribution in [3.05, 3.63) is 40.6 Å². The van der Waals surface area contributed by atoms with Crippen LogP contribution in [0.25, 0.3) is 10.9 Å². The number of ether oxygens (including phenoxy) is 3. The highest BCUT2D eigenvalue weighted by Crippen LogP contribution is 2.49. The first-order valence-corrected chi connectivity index (χ1v) is 22.0. The first-order chi connectivity index (χ1) is 27.3. The lowest BCUT2D eigenvalue weighted by atomic mass is 9.65. The zero-order valence-corrected chi connectivity index (χ0v) is 35.3. The summed E-state index contributed by atoms with van der Waals surface area (Å²) in [5.74, 6) is -1.74. The second-order valence-electron chi connectivity index (χ2n) is 17.7. The van der Waals surface area contributed by atoms with Crippen molar-refractivity contribution in [2.45, 2.75) is 145 Å². The number of fused-ring (bicyclic) bond motifs is 5. The molecule has 4 amide bonds. The average molecular weight is 844 g/mol. The first-order valence-electron chi connectivity index (χ1n) is 20.2. The van der Waals surface area contributed by atoms with Crippen LogP contribution in [0.3, 0.4) is 0 Å². The molecule has 0 bridgehead atoms. The molecule has 2 aliphatic carbocycles. The monoisotopic (exact) mass is 843 g/mol. The molecule has 5 aliphatic rings. The molecule has 1 saturated heterocycles. The lowest BCUT2D eigenvalue weighted by molar-refractivity contribution is -0.144. The van der Waals surface area contributed by atoms with Gasteiger partial charge in [-0.1, -0.05) is 36.6 Å². The summed E-state index contributed by atoms with van der Waals surface area (Å²) >= 11 is 6.82. The van der Waals surface area contributed by atoms with E-state index in [0.717, 1.165) is 12.8 Å². The molecule has 3 aliphatic heterocycles. The van der Waals surface area contributed by atoms with E-state index in [1.165, 1.54) is 12.0 Å². The van der Waals surface area contributed by atoms with Gasteiger partial charge < -0.3 is 34.9 Å². The number of halogens is 1. The summed E-state index contributed by atoms with van der Waals surface area (Å²) in [7, 11) is -2.53. The van der Waals surface area contributed by atoms with Gasteiger partial charge in [0.15, 0.2) is 0 Å². The minimum atomic E-state index is -4.04. The minimum Gasteiger partial charge on any atom is -0.495 e. The molecule has 58 heavy (non-hydrogen) atoms.